The summed E-state index contributed by atoms with van der Waals surface area (Å²) in [6.07, 6.45) is 0. The fourth-order valence-corrected chi connectivity index (χ4v) is 2.61. The van der Waals surface area contributed by atoms with Crippen LogP contribution in [0.4, 0.5) is 5.69 Å². The number of benzene rings is 2. The van der Waals surface area contributed by atoms with E-state index >= 15 is 0 Å². The molecule has 22 heavy (non-hydrogen) atoms. The first-order valence-corrected chi connectivity index (χ1v) is 7.83. The number of anilines is 1. The fourth-order valence-electron chi connectivity index (χ4n) is 1.97. The summed E-state index contributed by atoms with van der Waals surface area (Å²) in [5.41, 5.74) is 1.43. The van der Waals surface area contributed by atoms with Gasteiger partial charge < -0.3 is 10.6 Å². The molecule has 2 aromatic carbocycles. The van der Waals surface area contributed by atoms with Crippen molar-refractivity contribution in [2.45, 2.75) is 13.0 Å². The first kappa shape index (κ1) is 17.1. The first-order valence-electron chi connectivity index (χ1n) is 6.70. The Morgan fingerprint density at radius 2 is 1.82 bits per heavy atom. The minimum atomic E-state index is -0.205. The number of carbonyl (C=O) groups is 1. The lowest BCUT2D eigenvalue weighted by molar-refractivity contribution is -0.115. The molecule has 0 spiro atoms. The molecule has 0 fully saturated rings. The average molecular weight is 358 g/mol. The summed E-state index contributed by atoms with van der Waals surface area (Å²) in [4.78, 5) is 12.0. The number of halogens is 3. The number of hydrogen-bond acceptors (Lipinski definition) is 2. The van der Waals surface area contributed by atoms with E-state index < -0.39 is 0 Å². The van der Waals surface area contributed by atoms with E-state index in [0.29, 0.717) is 20.8 Å². The lowest BCUT2D eigenvalue weighted by Crippen LogP contribution is -2.30. The van der Waals surface area contributed by atoms with Crippen molar-refractivity contribution in [3.05, 3.63) is 63.1 Å². The van der Waals surface area contributed by atoms with Gasteiger partial charge in [-0.1, -0.05) is 53.0 Å². The summed E-state index contributed by atoms with van der Waals surface area (Å²) in [6.45, 7) is 2.08. The van der Waals surface area contributed by atoms with Gasteiger partial charge in [0.05, 0.1) is 17.3 Å². The molecule has 0 aromatic heterocycles. The molecule has 0 saturated heterocycles. The van der Waals surface area contributed by atoms with Crippen LogP contribution in [-0.4, -0.2) is 12.5 Å². The maximum atomic E-state index is 12.0. The van der Waals surface area contributed by atoms with E-state index in [9.17, 15) is 4.79 Å². The molecule has 116 valence electrons. The van der Waals surface area contributed by atoms with E-state index in [1.807, 2.05) is 31.2 Å². The standard InChI is InChI=1S/C16H15Cl3N2O/c1-10(12-4-2-3-5-13(12)18)20-9-16(22)21-15-8-11(17)6-7-14(15)19/h2-8,10,20H,9H2,1H3,(H,21,22)/t10-/m0/s1. The minimum absolute atomic E-state index is 0.0470. The zero-order chi connectivity index (χ0) is 16.1. The number of hydrogen-bond donors (Lipinski definition) is 2. The molecule has 0 saturated carbocycles. The van der Waals surface area contributed by atoms with Gasteiger partial charge in [-0.3, -0.25) is 4.79 Å². The van der Waals surface area contributed by atoms with Gasteiger partial charge in [0, 0.05) is 16.1 Å². The van der Waals surface area contributed by atoms with Crippen molar-refractivity contribution >= 4 is 46.4 Å². The summed E-state index contributed by atoms with van der Waals surface area (Å²) in [5.74, 6) is -0.205. The van der Waals surface area contributed by atoms with Crippen molar-refractivity contribution in [2.75, 3.05) is 11.9 Å². The topological polar surface area (TPSA) is 41.1 Å². The largest absolute Gasteiger partial charge is 0.324 e. The second-order valence-corrected chi connectivity index (χ2v) is 6.05. The average Bonchev–Trinajstić information content (AvgIpc) is 2.49. The Kier molecular flexibility index (Phi) is 6.09. The van der Waals surface area contributed by atoms with Crippen molar-refractivity contribution in [2.24, 2.45) is 0 Å². The van der Waals surface area contributed by atoms with Crippen molar-refractivity contribution in [1.82, 2.24) is 5.32 Å². The summed E-state index contributed by atoms with van der Waals surface area (Å²) in [6, 6.07) is 12.4. The second-order valence-electron chi connectivity index (χ2n) is 4.80. The lowest BCUT2D eigenvalue weighted by atomic mass is 10.1. The van der Waals surface area contributed by atoms with E-state index in [0.717, 1.165) is 5.56 Å². The monoisotopic (exact) mass is 356 g/mol. The third-order valence-corrected chi connectivity index (χ3v) is 4.05. The molecule has 2 N–H and O–H groups in total. The molecule has 0 aliphatic rings. The number of rotatable bonds is 5. The third kappa shape index (κ3) is 4.62. The molecule has 1 amide bonds. The molecular formula is C16H15Cl3N2O. The van der Waals surface area contributed by atoms with Gasteiger partial charge >= 0.3 is 0 Å². The van der Waals surface area contributed by atoms with Crippen LogP contribution in [-0.2, 0) is 4.79 Å². The molecule has 1 atom stereocenters. The van der Waals surface area contributed by atoms with Gasteiger partial charge in [0.15, 0.2) is 0 Å². The van der Waals surface area contributed by atoms with Gasteiger partial charge in [-0.05, 0) is 36.8 Å². The van der Waals surface area contributed by atoms with Crippen molar-refractivity contribution < 1.29 is 4.79 Å². The number of amides is 1. The summed E-state index contributed by atoms with van der Waals surface area (Å²) < 4.78 is 0. The van der Waals surface area contributed by atoms with E-state index in [1.165, 1.54) is 0 Å². The van der Waals surface area contributed by atoms with Crippen LogP contribution in [0.25, 0.3) is 0 Å². The Morgan fingerprint density at radius 3 is 2.55 bits per heavy atom. The third-order valence-electron chi connectivity index (χ3n) is 3.14. The molecule has 0 radical (unpaired) electrons. The Morgan fingerprint density at radius 1 is 1.09 bits per heavy atom. The van der Waals surface area contributed by atoms with Crippen LogP contribution < -0.4 is 10.6 Å². The first-order chi connectivity index (χ1) is 10.5. The molecular weight excluding hydrogens is 343 g/mol. The van der Waals surface area contributed by atoms with E-state index in [1.54, 1.807) is 18.2 Å². The van der Waals surface area contributed by atoms with E-state index in [2.05, 4.69) is 10.6 Å². The van der Waals surface area contributed by atoms with Crippen LogP contribution in [0.1, 0.15) is 18.5 Å². The van der Waals surface area contributed by atoms with Crippen LogP contribution >= 0.6 is 34.8 Å². The quantitative estimate of drug-likeness (QED) is 0.796. The molecule has 0 bridgehead atoms. The van der Waals surface area contributed by atoms with Crippen LogP contribution in [0.15, 0.2) is 42.5 Å². The highest BCUT2D eigenvalue weighted by Gasteiger charge is 2.11. The van der Waals surface area contributed by atoms with Crippen LogP contribution in [0, 0.1) is 0 Å². The van der Waals surface area contributed by atoms with Gasteiger partial charge in [-0.25, -0.2) is 0 Å². The van der Waals surface area contributed by atoms with E-state index in [-0.39, 0.29) is 18.5 Å². The maximum Gasteiger partial charge on any atom is 0.238 e. The minimum Gasteiger partial charge on any atom is -0.324 e. The molecule has 3 nitrogen and oxygen atoms in total. The SMILES string of the molecule is C[C@H](NCC(=O)Nc1cc(Cl)ccc1Cl)c1ccccc1Cl. The van der Waals surface area contributed by atoms with E-state index in [4.69, 9.17) is 34.8 Å². The van der Waals surface area contributed by atoms with Crippen LogP contribution in [0.2, 0.25) is 15.1 Å². The zero-order valence-electron chi connectivity index (χ0n) is 11.9. The Hall–Kier alpha value is -1.26. The summed E-state index contributed by atoms with van der Waals surface area (Å²) in [5, 5.41) is 7.46. The van der Waals surface area contributed by atoms with Crippen molar-refractivity contribution in [1.29, 1.82) is 0 Å². The lowest BCUT2D eigenvalue weighted by Gasteiger charge is -2.15. The number of nitrogens with one attached hydrogen (secondary N) is 2. The Bertz CT molecular complexity index is 676. The smallest absolute Gasteiger partial charge is 0.238 e. The molecule has 0 aliphatic carbocycles. The highest BCUT2D eigenvalue weighted by Crippen LogP contribution is 2.25. The Balaban J connectivity index is 1.93. The normalized spacial score (nSPS) is 12.0. The fraction of sp³-hybridized carbons (Fsp3) is 0.188. The number of carbonyl (C=O) groups excluding carboxylic acids is 1. The van der Waals surface area contributed by atoms with Gasteiger partial charge in [0.1, 0.15) is 0 Å². The van der Waals surface area contributed by atoms with Crippen LogP contribution in [0.3, 0.4) is 0 Å². The molecule has 0 unspecified atom stereocenters. The molecule has 2 aromatic rings. The maximum absolute atomic E-state index is 12.0. The van der Waals surface area contributed by atoms with Gasteiger partial charge in [0.2, 0.25) is 5.91 Å². The predicted molar refractivity (Wildman–Crippen MR) is 93.0 cm³/mol. The zero-order valence-corrected chi connectivity index (χ0v) is 14.1. The highest BCUT2D eigenvalue weighted by atomic mass is 35.5. The van der Waals surface area contributed by atoms with Crippen LogP contribution in [0.5, 0.6) is 0 Å². The second kappa shape index (κ2) is 7.84. The molecule has 0 heterocycles. The van der Waals surface area contributed by atoms with Crippen molar-refractivity contribution in [3.8, 4) is 0 Å². The summed E-state index contributed by atoms with van der Waals surface area (Å²) in [7, 11) is 0. The molecule has 0 aliphatic heterocycles. The summed E-state index contributed by atoms with van der Waals surface area (Å²) >= 11 is 18.0. The molecule has 6 heteroatoms. The highest BCUT2D eigenvalue weighted by molar-refractivity contribution is 6.35. The predicted octanol–water partition coefficient (Wildman–Crippen LogP) is 4.94. The Labute approximate surface area is 144 Å². The van der Waals surface area contributed by atoms with Crippen molar-refractivity contribution in [3.63, 3.8) is 0 Å². The van der Waals surface area contributed by atoms with Gasteiger partial charge in [-0.15, -0.1) is 0 Å². The molecule has 2 rings (SSSR count). The van der Waals surface area contributed by atoms with Gasteiger partial charge in [-0.2, -0.15) is 0 Å². The van der Waals surface area contributed by atoms with Gasteiger partial charge in [0.25, 0.3) is 0 Å².